The number of carbonyl (C=O) groups excluding carboxylic acids is 1. The molecule has 2 rings (SSSR count). The lowest BCUT2D eigenvalue weighted by Crippen LogP contribution is -2.46. The van der Waals surface area contributed by atoms with Gasteiger partial charge in [-0.3, -0.25) is 0 Å². The summed E-state index contributed by atoms with van der Waals surface area (Å²) in [6.45, 7) is 1.04. The van der Waals surface area contributed by atoms with Crippen molar-refractivity contribution in [1.29, 1.82) is 0 Å². The van der Waals surface area contributed by atoms with Crippen LogP contribution in [0.4, 0.5) is 4.79 Å². The second kappa shape index (κ2) is 6.38. The van der Waals surface area contributed by atoms with Crippen molar-refractivity contribution in [2.45, 2.75) is 25.3 Å². The summed E-state index contributed by atoms with van der Waals surface area (Å²) in [5.74, 6) is -0.921. The van der Waals surface area contributed by atoms with Gasteiger partial charge in [0.1, 0.15) is 6.04 Å². The van der Waals surface area contributed by atoms with Gasteiger partial charge in [-0.2, -0.15) is 0 Å². The van der Waals surface area contributed by atoms with Gasteiger partial charge in [-0.1, -0.05) is 0 Å². The number of carboxylic acid groups (broad SMARTS) is 1. The number of hydrogen-bond donors (Lipinski definition) is 2. The summed E-state index contributed by atoms with van der Waals surface area (Å²) < 4.78 is 1.07. The van der Waals surface area contributed by atoms with Gasteiger partial charge in [-0.25, -0.2) is 9.59 Å². The zero-order chi connectivity index (χ0) is 13.8. The van der Waals surface area contributed by atoms with Crippen LogP contribution >= 0.6 is 27.3 Å². The number of nitrogens with one attached hydrogen (secondary N) is 1. The molecule has 2 amide bonds. The number of carbonyl (C=O) groups is 2. The van der Waals surface area contributed by atoms with Crippen molar-refractivity contribution in [2.75, 3.05) is 13.1 Å². The number of halogens is 1. The molecule has 5 nitrogen and oxygen atoms in total. The number of nitrogens with zero attached hydrogens (tertiary/aromatic N) is 1. The smallest absolute Gasteiger partial charge is 0.326 e. The first kappa shape index (κ1) is 14.3. The third kappa shape index (κ3) is 3.70. The van der Waals surface area contributed by atoms with E-state index in [0.29, 0.717) is 19.5 Å². The summed E-state index contributed by atoms with van der Waals surface area (Å²) in [4.78, 5) is 25.5. The van der Waals surface area contributed by atoms with E-state index in [2.05, 4.69) is 21.2 Å². The maximum Gasteiger partial charge on any atom is 0.326 e. The highest BCUT2D eigenvalue weighted by Gasteiger charge is 2.33. The molecule has 2 heterocycles. The molecule has 1 fully saturated rings. The summed E-state index contributed by atoms with van der Waals surface area (Å²) in [7, 11) is 0. The van der Waals surface area contributed by atoms with Crippen molar-refractivity contribution in [3.63, 3.8) is 0 Å². The summed E-state index contributed by atoms with van der Waals surface area (Å²) >= 11 is 5.02. The van der Waals surface area contributed by atoms with Gasteiger partial charge in [0, 0.05) is 18.0 Å². The van der Waals surface area contributed by atoms with Crippen LogP contribution < -0.4 is 5.32 Å². The lowest BCUT2D eigenvalue weighted by Gasteiger charge is -2.21. The summed E-state index contributed by atoms with van der Waals surface area (Å²) in [6, 6.07) is 3.04. The number of urea groups is 1. The molecule has 0 aliphatic carbocycles. The zero-order valence-electron chi connectivity index (χ0n) is 10.3. The second-order valence-electron chi connectivity index (χ2n) is 4.38. The van der Waals surface area contributed by atoms with Gasteiger partial charge in [0.2, 0.25) is 0 Å². The molecule has 2 N–H and O–H groups in total. The molecule has 0 unspecified atom stereocenters. The van der Waals surface area contributed by atoms with E-state index in [1.165, 1.54) is 9.78 Å². The highest BCUT2D eigenvalue weighted by atomic mass is 79.9. The number of hydrogen-bond acceptors (Lipinski definition) is 3. The normalized spacial score (nSPS) is 18.6. The summed E-state index contributed by atoms with van der Waals surface area (Å²) in [5.41, 5.74) is 0. The average molecular weight is 347 g/mol. The topological polar surface area (TPSA) is 69.6 Å². The van der Waals surface area contributed by atoms with Gasteiger partial charge >= 0.3 is 12.0 Å². The van der Waals surface area contributed by atoms with Gasteiger partial charge in [-0.05, 0) is 47.3 Å². The molecule has 1 aromatic rings. The van der Waals surface area contributed by atoms with Crippen molar-refractivity contribution in [3.05, 3.63) is 20.8 Å². The molecular formula is C12H15BrN2O3S. The van der Waals surface area contributed by atoms with E-state index in [4.69, 9.17) is 5.11 Å². The van der Waals surface area contributed by atoms with Crippen LogP contribution in [0, 0.1) is 0 Å². The predicted molar refractivity (Wildman–Crippen MR) is 76.5 cm³/mol. The Bertz CT molecular complexity index is 477. The Morgan fingerprint density at radius 2 is 2.32 bits per heavy atom. The van der Waals surface area contributed by atoms with Crippen molar-refractivity contribution >= 4 is 39.3 Å². The van der Waals surface area contributed by atoms with E-state index in [0.717, 1.165) is 16.6 Å². The van der Waals surface area contributed by atoms with Gasteiger partial charge in [0.25, 0.3) is 0 Å². The summed E-state index contributed by atoms with van der Waals surface area (Å²) in [5, 5.41) is 11.8. The van der Waals surface area contributed by atoms with E-state index in [1.54, 1.807) is 11.3 Å². The maximum atomic E-state index is 11.9. The molecule has 1 atom stereocenters. The molecule has 19 heavy (non-hydrogen) atoms. The number of carboxylic acids is 1. The number of amides is 2. The van der Waals surface area contributed by atoms with E-state index in [-0.39, 0.29) is 6.03 Å². The number of likely N-dealkylation sites (tertiary alicyclic amines) is 1. The van der Waals surface area contributed by atoms with Crippen LogP contribution in [-0.2, 0) is 11.2 Å². The van der Waals surface area contributed by atoms with E-state index in [9.17, 15) is 9.59 Å². The molecule has 0 radical (unpaired) electrons. The van der Waals surface area contributed by atoms with Crippen LogP contribution in [0.15, 0.2) is 15.9 Å². The molecule has 7 heteroatoms. The Morgan fingerprint density at radius 1 is 1.53 bits per heavy atom. The molecule has 1 aromatic heterocycles. The van der Waals surface area contributed by atoms with E-state index < -0.39 is 12.0 Å². The van der Waals surface area contributed by atoms with Crippen LogP contribution in [0.2, 0.25) is 0 Å². The quantitative estimate of drug-likeness (QED) is 0.878. The van der Waals surface area contributed by atoms with Gasteiger partial charge in [-0.15, -0.1) is 11.3 Å². The molecule has 1 aliphatic rings. The Kier molecular flexibility index (Phi) is 4.81. The van der Waals surface area contributed by atoms with Crippen molar-refractivity contribution in [1.82, 2.24) is 10.2 Å². The molecular weight excluding hydrogens is 332 g/mol. The van der Waals surface area contributed by atoms with Crippen LogP contribution in [0.1, 0.15) is 17.7 Å². The second-order valence-corrected chi connectivity index (χ2v) is 6.92. The SMILES string of the molecule is O=C(O)[C@@H]1CCCN1C(=O)NCCc1ccc(Br)s1. The van der Waals surface area contributed by atoms with Crippen LogP contribution in [0.25, 0.3) is 0 Å². The number of aliphatic carboxylic acids is 1. The molecule has 1 saturated heterocycles. The predicted octanol–water partition coefficient (Wildman–Crippen LogP) is 2.31. The van der Waals surface area contributed by atoms with Gasteiger partial charge in [0.05, 0.1) is 3.79 Å². The zero-order valence-corrected chi connectivity index (χ0v) is 12.7. The minimum atomic E-state index is -0.921. The minimum absolute atomic E-state index is 0.277. The van der Waals surface area contributed by atoms with Crippen LogP contribution in [-0.4, -0.2) is 41.1 Å². The first-order chi connectivity index (χ1) is 9.08. The largest absolute Gasteiger partial charge is 0.480 e. The van der Waals surface area contributed by atoms with E-state index in [1.807, 2.05) is 12.1 Å². The van der Waals surface area contributed by atoms with Gasteiger partial charge in [0.15, 0.2) is 0 Å². The Hall–Kier alpha value is -1.08. The molecule has 0 spiro atoms. The lowest BCUT2D eigenvalue weighted by atomic mass is 10.2. The number of thiophene rings is 1. The standard InChI is InChI=1S/C12H15BrN2O3S/c13-10-4-3-8(19-10)5-6-14-12(18)15-7-1-2-9(15)11(16)17/h3-4,9H,1-2,5-7H2,(H,14,18)(H,16,17)/t9-/m0/s1. The lowest BCUT2D eigenvalue weighted by molar-refractivity contribution is -0.141. The van der Waals surface area contributed by atoms with Gasteiger partial charge < -0.3 is 15.3 Å². The number of rotatable bonds is 4. The summed E-state index contributed by atoms with van der Waals surface area (Å²) in [6.07, 6.45) is 2.05. The molecule has 0 bridgehead atoms. The Balaban J connectivity index is 1.79. The molecule has 1 aliphatic heterocycles. The fraction of sp³-hybridized carbons (Fsp3) is 0.500. The third-order valence-electron chi connectivity index (χ3n) is 3.08. The maximum absolute atomic E-state index is 11.9. The fourth-order valence-electron chi connectivity index (χ4n) is 2.15. The Labute approximate surface area is 123 Å². The van der Waals surface area contributed by atoms with E-state index >= 15 is 0 Å². The highest BCUT2D eigenvalue weighted by Crippen LogP contribution is 2.22. The average Bonchev–Trinajstić information content (AvgIpc) is 2.97. The first-order valence-corrected chi connectivity index (χ1v) is 7.70. The monoisotopic (exact) mass is 346 g/mol. The third-order valence-corrected chi connectivity index (χ3v) is 4.76. The molecule has 0 saturated carbocycles. The van der Waals surface area contributed by atoms with Crippen molar-refractivity contribution in [3.8, 4) is 0 Å². The minimum Gasteiger partial charge on any atom is -0.480 e. The van der Waals surface area contributed by atoms with Crippen molar-refractivity contribution in [2.24, 2.45) is 0 Å². The first-order valence-electron chi connectivity index (χ1n) is 6.09. The molecule has 104 valence electrons. The van der Waals surface area contributed by atoms with Crippen LogP contribution in [0.5, 0.6) is 0 Å². The Morgan fingerprint density at radius 3 is 2.95 bits per heavy atom. The fourth-order valence-corrected chi connectivity index (χ4v) is 3.63. The highest BCUT2D eigenvalue weighted by molar-refractivity contribution is 9.11. The molecule has 0 aromatic carbocycles. The van der Waals surface area contributed by atoms with Crippen LogP contribution in [0.3, 0.4) is 0 Å². The van der Waals surface area contributed by atoms with Crippen molar-refractivity contribution < 1.29 is 14.7 Å².